The Morgan fingerprint density at radius 3 is 1.30 bits per heavy atom. The maximum Gasteiger partial charge on any atom is 0.0489 e. The van der Waals surface area contributed by atoms with Crippen LogP contribution in [0.4, 0.5) is 0 Å². The molecule has 0 unspecified atom stereocenters. The molecule has 0 aliphatic heterocycles. The highest BCUT2D eigenvalue weighted by molar-refractivity contribution is 6.10. The zero-order valence-corrected chi connectivity index (χ0v) is 25.3. The number of benzene rings is 6. The normalized spacial score (nSPS) is 13.3. The van der Waals surface area contributed by atoms with E-state index in [9.17, 15) is 0 Å². The van der Waals surface area contributed by atoms with Gasteiger partial charge in [-0.3, -0.25) is 0 Å². The fourth-order valence-corrected chi connectivity index (χ4v) is 7.76. The third-order valence-corrected chi connectivity index (χ3v) is 10.2. The van der Waals surface area contributed by atoms with E-state index < -0.39 is 0 Å². The molecule has 0 atom stereocenters. The van der Waals surface area contributed by atoms with Crippen LogP contribution in [-0.4, -0.2) is 9.13 Å². The smallest absolute Gasteiger partial charge is 0.0489 e. The molecule has 44 heavy (non-hydrogen) atoms. The third-order valence-electron chi connectivity index (χ3n) is 10.2. The number of hydrogen-bond donors (Lipinski definition) is 0. The van der Waals surface area contributed by atoms with Crippen molar-refractivity contribution in [3.05, 3.63) is 144 Å². The monoisotopic (exact) mass is 566 g/mol. The average molecular weight is 567 g/mol. The van der Waals surface area contributed by atoms with E-state index in [2.05, 4.69) is 145 Å². The molecule has 2 nitrogen and oxygen atoms in total. The van der Waals surface area contributed by atoms with Crippen LogP contribution in [-0.2, 0) is 39.8 Å². The van der Waals surface area contributed by atoms with Gasteiger partial charge in [-0.15, -0.1) is 0 Å². The molecule has 212 valence electrons. The lowest BCUT2D eigenvalue weighted by atomic mass is 9.87. The van der Waals surface area contributed by atoms with Crippen molar-refractivity contribution in [3.8, 4) is 22.3 Å². The van der Waals surface area contributed by atoms with E-state index in [4.69, 9.17) is 0 Å². The Labute approximate surface area is 257 Å². The molecule has 2 heterocycles. The summed E-state index contributed by atoms with van der Waals surface area (Å²) in [6.07, 6.45) is 4.08. The second-order valence-corrected chi connectivity index (χ2v) is 12.6. The van der Waals surface area contributed by atoms with Crippen LogP contribution in [0.15, 0.2) is 121 Å². The highest BCUT2D eigenvalue weighted by Crippen LogP contribution is 2.37. The van der Waals surface area contributed by atoms with Crippen LogP contribution in [0, 0.1) is 0 Å². The van der Waals surface area contributed by atoms with Gasteiger partial charge in [0.2, 0.25) is 0 Å². The van der Waals surface area contributed by atoms with Crippen LogP contribution in [0.1, 0.15) is 22.3 Å². The van der Waals surface area contributed by atoms with E-state index in [0.717, 1.165) is 25.7 Å². The summed E-state index contributed by atoms with van der Waals surface area (Å²) in [6.45, 7) is 0. The first-order valence-corrected chi connectivity index (χ1v) is 15.8. The molecule has 4 aliphatic carbocycles. The number of aromatic nitrogens is 2. The lowest BCUT2D eigenvalue weighted by Gasteiger charge is -2.18. The van der Waals surface area contributed by atoms with Gasteiger partial charge in [0.15, 0.2) is 0 Å². The molecule has 2 heteroatoms. The first kappa shape index (κ1) is 25.4. The van der Waals surface area contributed by atoms with Gasteiger partial charge in [-0.1, -0.05) is 84.9 Å². The first-order chi connectivity index (χ1) is 21.6. The van der Waals surface area contributed by atoms with E-state index in [1.807, 2.05) is 0 Å². The minimum atomic E-state index is 1.02. The Hall–Kier alpha value is -5.08. The summed E-state index contributed by atoms with van der Waals surface area (Å²) in [5, 5.41) is 5.32. The number of rotatable bonds is 2. The van der Waals surface area contributed by atoms with Gasteiger partial charge >= 0.3 is 0 Å². The summed E-state index contributed by atoms with van der Waals surface area (Å²) in [5.41, 5.74) is 16.2. The molecule has 4 aliphatic rings. The molecular weight excluding hydrogens is 532 g/mol. The lowest BCUT2D eigenvalue weighted by molar-refractivity contribution is 0.925. The van der Waals surface area contributed by atoms with Crippen molar-refractivity contribution < 1.29 is 0 Å². The van der Waals surface area contributed by atoms with Crippen molar-refractivity contribution in [2.24, 2.45) is 14.1 Å². The molecule has 0 radical (unpaired) electrons. The van der Waals surface area contributed by atoms with Crippen molar-refractivity contribution >= 4 is 43.6 Å². The fraction of sp³-hybridized carbons (Fsp3) is 0.143. The van der Waals surface area contributed by atoms with Gasteiger partial charge in [-0.2, -0.15) is 0 Å². The molecule has 0 fully saturated rings. The standard InChI is InChI=1S/C42H34N2/c1-43-39-9-5-3-7-33(39)37-25-31(19-21-41(37)43)35-23-27-11-15-29(35)17-13-28-12-16-30(18-14-27)36(24-28)32-20-22-42-38(26-32)34-8-4-6-10-40(34)44(42)2/h3-12,15-16,19-26H,13-14,17-18H2,1-2H3. The summed E-state index contributed by atoms with van der Waals surface area (Å²) in [4.78, 5) is 0. The molecule has 0 spiro atoms. The van der Waals surface area contributed by atoms with E-state index in [0.29, 0.717) is 0 Å². The first-order valence-electron chi connectivity index (χ1n) is 15.8. The van der Waals surface area contributed by atoms with Gasteiger partial charge in [0, 0.05) is 57.7 Å². The minimum Gasteiger partial charge on any atom is -0.344 e. The Morgan fingerprint density at radius 1 is 0.386 bits per heavy atom. The van der Waals surface area contributed by atoms with Crippen molar-refractivity contribution in [2.75, 3.05) is 0 Å². The van der Waals surface area contributed by atoms with Gasteiger partial charge < -0.3 is 9.13 Å². The Balaban J connectivity index is 1.12. The van der Waals surface area contributed by atoms with Crippen LogP contribution in [0.5, 0.6) is 0 Å². The summed E-state index contributed by atoms with van der Waals surface area (Å²) >= 11 is 0. The van der Waals surface area contributed by atoms with Gasteiger partial charge in [0.1, 0.15) is 0 Å². The van der Waals surface area contributed by atoms with Gasteiger partial charge in [-0.05, 0) is 107 Å². The molecule has 0 saturated heterocycles. The van der Waals surface area contributed by atoms with Gasteiger partial charge in [-0.25, -0.2) is 0 Å². The molecule has 8 aromatic rings. The Bertz CT molecular complexity index is 2240. The fourth-order valence-electron chi connectivity index (χ4n) is 7.76. The zero-order chi connectivity index (χ0) is 29.4. The predicted molar refractivity (Wildman–Crippen MR) is 187 cm³/mol. The number of hydrogen-bond acceptors (Lipinski definition) is 0. The van der Waals surface area contributed by atoms with E-state index in [1.165, 1.54) is 88.1 Å². The molecule has 12 rings (SSSR count). The molecule has 0 saturated carbocycles. The zero-order valence-electron chi connectivity index (χ0n) is 25.3. The van der Waals surface area contributed by atoms with Gasteiger partial charge in [0.25, 0.3) is 0 Å². The minimum absolute atomic E-state index is 1.02. The predicted octanol–water partition coefficient (Wildman–Crippen LogP) is 10.2. The largest absolute Gasteiger partial charge is 0.344 e. The number of fused-ring (bicyclic) bond motifs is 6. The average Bonchev–Trinajstić information content (AvgIpc) is 3.52. The van der Waals surface area contributed by atoms with Crippen molar-refractivity contribution in [1.82, 2.24) is 9.13 Å². The highest BCUT2D eigenvalue weighted by atomic mass is 14.9. The van der Waals surface area contributed by atoms with Crippen LogP contribution in [0.25, 0.3) is 65.9 Å². The van der Waals surface area contributed by atoms with Crippen LogP contribution < -0.4 is 0 Å². The highest BCUT2D eigenvalue weighted by Gasteiger charge is 2.16. The van der Waals surface area contributed by atoms with E-state index >= 15 is 0 Å². The summed E-state index contributed by atoms with van der Waals surface area (Å²) in [6, 6.07) is 46.1. The number of para-hydroxylation sites is 2. The van der Waals surface area contributed by atoms with E-state index in [-0.39, 0.29) is 0 Å². The number of nitrogens with zero attached hydrogens (tertiary/aromatic N) is 2. The summed E-state index contributed by atoms with van der Waals surface area (Å²) in [5.74, 6) is 0. The molecule has 4 bridgehead atoms. The number of aryl methyl sites for hydroxylation is 6. The Kier molecular flexibility index (Phi) is 5.62. The van der Waals surface area contributed by atoms with Crippen LogP contribution in [0.2, 0.25) is 0 Å². The summed E-state index contributed by atoms with van der Waals surface area (Å²) in [7, 11) is 4.35. The molecular formula is C42H34N2. The second kappa shape index (κ2) is 9.72. The topological polar surface area (TPSA) is 9.86 Å². The molecule has 2 aromatic heterocycles. The van der Waals surface area contributed by atoms with E-state index in [1.54, 1.807) is 0 Å². The maximum absolute atomic E-state index is 2.47. The Morgan fingerprint density at radius 2 is 0.818 bits per heavy atom. The van der Waals surface area contributed by atoms with Gasteiger partial charge in [0.05, 0.1) is 0 Å². The maximum atomic E-state index is 2.47. The van der Waals surface area contributed by atoms with Crippen molar-refractivity contribution in [1.29, 1.82) is 0 Å². The lowest BCUT2D eigenvalue weighted by Crippen LogP contribution is -2.02. The molecule has 6 aromatic carbocycles. The van der Waals surface area contributed by atoms with Crippen LogP contribution >= 0.6 is 0 Å². The summed E-state index contributed by atoms with van der Waals surface area (Å²) < 4.78 is 4.63. The molecule has 0 amide bonds. The SMILES string of the molecule is Cn1c2ccccc2c2cc(-c3cc4ccc3CCc3ccc(c(-c5ccc6c(c5)c5ccccc5n6C)c3)CC4)ccc21. The van der Waals surface area contributed by atoms with Crippen molar-refractivity contribution in [3.63, 3.8) is 0 Å². The van der Waals surface area contributed by atoms with Crippen LogP contribution in [0.3, 0.4) is 0 Å². The second-order valence-electron chi connectivity index (χ2n) is 12.6. The quantitative estimate of drug-likeness (QED) is 0.197. The van der Waals surface area contributed by atoms with Crippen molar-refractivity contribution in [2.45, 2.75) is 25.7 Å². The molecule has 0 N–H and O–H groups in total. The third kappa shape index (κ3) is 3.87.